The van der Waals surface area contributed by atoms with Gasteiger partial charge >= 0.3 is 0 Å². The number of H-pyrrole nitrogens is 1. The molecular formula is C50H67N9O9S. The van der Waals surface area contributed by atoms with Crippen molar-refractivity contribution in [2.75, 3.05) is 25.9 Å². The van der Waals surface area contributed by atoms with Gasteiger partial charge in [0.05, 0.1) is 6.10 Å². The van der Waals surface area contributed by atoms with Gasteiger partial charge in [0.25, 0.3) is 0 Å². The van der Waals surface area contributed by atoms with Gasteiger partial charge in [0.1, 0.15) is 42.0 Å². The summed E-state index contributed by atoms with van der Waals surface area (Å²) in [6, 6.07) is 14.7. The van der Waals surface area contributed by atoms with Crippen molar-refractivity contribution in [3.8, 4) is 5.75 Å². The van der Waals surface area contributed by atoms with Gasteiger partial charge in [0, 0.05) is 50.0 Å². The molecule has 0 saturated carbocycles. The van der Waals surface area contributed by atoms with E-state index in [2.05, 4.69) is 49.5 Å². The Labute approximate surface area is 408 Å². The van der Waals surface area contributed by atoms with Crippen molar-refractivity contribution in [2.24, 2.45) is 5.73 Å². The van der Waals surface area contributed by atoms with Gasteiger partial charge < -0.3 is 57.7 Å². The maximum Gasteiger partial charge on any atom is 0.245 e. The van der Waals surface area contributed by atoms with Crippen molar-refractivity contribution in [3.63, 3.8) is 0 Å². The minimum atomic E-state index is -1.58. The SMILES string of the molecule is C[C@@H](O)[C@@H]1NC(=O)[C@H](CCCCN)NC(=O)[C@@H](Cc2c[nH]c3ccccc23)NC(=O)[C@H](Cc2ccc(O)cc2)NC(=O)[C@H](CCCCNC(=O)CCS)N(C)C(=O)C(CCc2ccccc2)NC1=O. The van der Waals surface area contributed by atoms with Gasteiger partial charge in [0.15, 0.2) is 0 Å². The number of hydrogen-bond donors (Lipinski definition) is 11. The molecule has 0 radical (unpaired) electrons. The summed E-state index contributed by atoms with van der Waals surface area (Å²) in [5, 5.41) is 38.6. The number of hydrogen-bond acceptors (Lipinski definition) is 11. The third kappa shape index (κ3) is 16.1. The number of rotatable bonds is 19. The van der Waals surface area contributed by atoms with E-state index in [0.717, 1.165) is 16.5 Å². The van der Waals surface area contributed by atoms with Crippen molar-refractivity contribution in [2.45, 2.75) is 120 Å². The zero-order valence-electron chi connectivity index (χ0n) is 39.2. The van der Waals surface area contributed by atoms with Crippen LogP contribution < -0.4 is 37.6 Å². The van der Waals surface area contributed by atoms with Gasteiger partial charge in [-0.2, -0.15) is 12.6 Å². The Morgan fingerprint density at radius 2 is 1.33 bits per heavy atom. The van der Waals surface area contributed by atoms with Crippen LogP contribution in [0.15, 0.2) is 85.1 Å². The number of para-hydroxylation sites is 1. The number of phenolic OH excluding ortho intramolecular Hbond substituents is 1. The first kappa shape index (κ1) is 53.5. The fourth-order valence-electron chi connectivity index (χ4n) is 8.29. The van der Waals surface area contributed by atoms with Gasteiger partial charge in [-0.05, 0) is 105 Å². The quantitative estimate of drug-likeness (QED) is 0.0478. The van der Waals surface area contributed by atoms with Gasteiger partial charge in [0.2, 0.25) is 41.4 Å². The summed E-state index contributed by atoms with van der Waals surface area (Å²) in [5.74, 6) is -4.33. The molecule has 0 aliphatic carbocycles. The number of likely N-dealkylation sites (N-methyl/N-ethyl adjacent to an activating group) is 1. The number of fused-ring (bicyclic) bond motifs is 1. The predicted molar refractivity (Wildman–Crippen MR) is 265 cm³/mol. The molecular weight excluding hydrogens is 903 g/mol. The van der Waals surface area contributed by atoms with Crippen LogP contribution in [-0.2, 0) is 52.8 Å². The number of carbonyl (C=O) groups is 7. The van der Waals surface area contributed by atoms with Crippen LogP contribution in [0.4, 0.5) is 0 Å². The highest BCUT2D eigenvalue weighted by atomic mass is 32.1. The molecule has 2 heterocycles. The smallest absolute Gasteiger partial charge is 0.245 e. The average molecular weight is 970 g/mol. The molecule has 4 aromatic rings. The lowest BCUT2D eigenvalue weighted by atomic mass is 9.99. The Hall–Kier alpha value is -6.44. The van der Waals surface area contributed by atoms with Crippen molar-refractivity contribution in [1.29, 1.82) is 0 Å². The first-order valence-electron chi connectivity index (χ1n) is 23.6. The van der Waals surface area contributed by atoms with E-state index >= 15 is 0 Å². The topological polar surface area (TPSA) is 277 Å². The number of thiol groups is 1. The summed E-state index contributed by atoms with van der Waals surface area (Å²) in [5.41, 5.74) is 8.67. The summed E-state index contributed by atoms with van der Waals surface area (Å²) in [6.07, 6.45) is 2.57. The summed E-state index contributed by atoms with van der Waals surface area (Å²) in [7, 11) is 1.43. The number of aromatic nitrogens is 1. The predicted octanol–water partition coefficient (Wildman–Crippen LogP) is 1.67. The van der Waals surface area contributed by atoms with E-state index in [4.69, 9.17) is 5.73 Å². The number of phenols is 1. The molecule has 5 rings (SSSR count). The fourth-order valence-corrected chi connectivity index (χ4v) is 8.50. The van der Waals surface area contributed by atoms with Crippen molar-refractivity contribution in [1.82, 2.24) is 41.8 Å². The third-order valence-electron chi connectivity index (χ3n) is 12.2. The summed E-state index contributed by atoms with van der Waals surface area (Å²) in [6.45, 7) is 1.91. The fraction of sp³-hybridized carbons (Fsp3) is 0.460. The second-order valence-electron chi connectivity index (χ2n) is 17.5. The van der Waals surface area contributed by atoms with Crippen LogP contribution in [0.3, 0.4) is 0 Å². The molecule has 3 aromatic carbocycles. The summed E-state index contributed by atoms with van der Waals surface area (Å²) in [4.78, 5) is 104. The summed E-state index contributed by atoms with van der Waals surface area (Å²) < 4.78 is 0. The van der Waals surface area contributed by atoms with E-state index in [1.165, 1.54) is 31.0 Å². The van der Waals surface area contributed by atoms with Crippen LogP contribution in [0.1, 0.15) is 75.0 Å². The molecule has 1 aliphatic heterocycles. The molecule has 69 heavy (non-hydrogen) atoms. The van der Waals surface area contributed by atoms with E-state index < -0.39 is 77.8 Å². The standard InChI is InChI=1S/C50H67N9O9S/c1-31(60)44-49(67)55-39(23-20-32-12-4-3-5-13-32)50(68)59(2)42(17-9-11-26-52-43(62)24-27-69)48(66)57-40(28-33-18-21-35(61)22-19-33)46(64)56-41(29-34-30-53-37-15-7-6-14-36(34)37)47(65)54-38(45(63)58-44)16-8-10-25-51/h3-7,12-15,18-19,21-22,30-31,38-42,44,53,60-61,69H,8-11,16-17,20,23-29,51H2,1-2H3,(H,52,62)(H,54,65)(H,55,67)(H,56,64)(H,57,66)(H,58,63)/t31-,38+,39?,40+,41-,42+,44+/m1/s1. The van der Waals surface area contributed by atoms with E-state index in [1.807, 2.05) is 54.6 Å². The highest BCUT2D eigenvalue weighted by Crippen LogP contribution is 2.21. The van der Waals surface area contributed by atoms with E-state index in [0.29, 0.717) is 62.1 Å². The molecule has 7 amide bonds. The van der Waals surface area contributed by atoms with E-state index in [1.54, 1.807) is 18.3 Å². The van der Waals surface area contributed by atoms with Gasteiger partial charge in [-0.3, -0.25) is 33.6 Å². The van der Waals surface area contributed by atoms with Crippen molar-refractivity contribution < 1.29 is 43.8 Å². The third-order valence-corrected chi connectivity index (χ3v) is 12.5. The first-order valence-corrected chi connectivity index (χ1v) is 24.2. The Morgan fingerprint density at radius 3 is 2.03 bits per heavy atom. The lowest BCUT2D eigenvalue weighted by Gasteiger charge is -2.33. The normalized spacial score (nSPS) is 21.6. The number of amides is 7. The van der Waals surface area contributed by atoms with E-state index in [-0.39, 0.29) is 50.2 Å². The highest BCUT2D eigenvalue weighted by molar-refractivity contribution is 7.80. The van der Waals surface area contributed by atoms with Crippen molar-refractivity contribution in [3.05, 3.63) is 102 Å². The van der Waals surface area contributed by atoms with Crippen LogP contribution in [-0.4, -0.2) is 130 Å². The first-order chi connectivity index (χ1) is 33.2. The molecule has 11 N–H and O–H groups in total. The zero-order chi connectivity index (χ0) is 49.9. The van der Waals surface area contributed by atoms with Crippen LogP contribution in [0.5, 0.6) is 5.75 Å². The lowest BCUT2D eigenvalue weighted by molar-refractivity contribution is -0.144. The molecule has 1 saturated heterocycles. The number of nitrogens with two attached hydrogens (primary N) is 1. The molecule has 372 valence electrons. The number of carbonyl (C=O) groups excluding carboxylic acids is 7. The Kier molecular flexibility index (Phi) is 20.9. The molecule has 0 spiro atoms. The minimum absolute atomic E-state index is 0.0202. The van der Waals surface area contributed by atoms with Gasteiger partial charge in [-0.25, -0.2) is 0 Å². The second kappa shape index (κ2) is 26.9. The maximum absolute atomic E-state index is 14.8. The van der Waals surface area contributed by atoms with Crippen LogP contribution in [0.25, 0.3) is 10.9 Å². The van der Waals surface area contributed by atoms with Crippen molar-refractivity contribution >= 4 is 64.9 Å². The monoisotopic (exact) mass is 969 g/mol. The van der Waals surface area contributed by atoms with Crippen LogP contribution in [0.2, 0.25) is 0 Å². The molecule has 1 fully saturated rings. The van der Waals surface area contributed by atoms with Crippen LogP contribution >= 0.6 is 12.6 Å². The van der Waals surface area contributed by atoms with E-state index in [9.17, 15) is 43.8 Å². The molecule has 1 aromatic heterocycles. The molecule has 1 aliphatic rings. The Bertz CT molecular complexity index is 2350. The number of nitrogens with one attached hydrogen (secondary N) is 7. The number of unbranched alkanes of at least 4 members (excludes halogenated alkanes) is 2. The van der Waals surface area contributed by atoms with Crippen LogP contribution in [0, 0.1) is 0 Å². The molecule has 7 atom stereocenters. The summed E-state index contributed by atoms with van der Waals surface area (Å²) >= 11 is 4.12. The largest absolute Gasteiger partial charge is 0.508 e. The number of nitrogens with zero attached hydrogens (tertiary/aromatic N) is 1. The number of aliphatic hydroxyl groups excluding tert-OH is 1. The number of aromatic amines is 1. The number of aromatic hydroxyl groups is 1. The number of aryl methyl sites for hydroxylation is 1. The van der Waals surface area contributed by atoms with Gasteiger partial charge in [-0.1, -0.05) is 60.7 Å². The second-order valence-corrected chi connectivity index (χ2v) is 17.9. The highest BCUT2D eigenvalue weighted by Gasteiger charge is 2.38. The number of benzene rings is 3. The molecule has 1 unspecified atom stereocenters. The Balaban J connectivity index is 1.59. The molecule has 0 bridgehead atoms. The molecule has 19 heteroatoms. The number of aliphatic hydroxyl groups is 1. The minimum Gasteiger partial charge on any atom is -0.508 e. The average Bonchev–Trinajstić information content (AvgIpc) is 3.74. The maximum atomic E-state index is 14.8. The van der Waals surface area contributed by atoms with Gasteiger partial charge in [-0.15, -0.1) is 0 Å². The molecule has 18 nitrogen and oxygen atoms in total. The Morgan fingerprint density at radius 1 is 0.710 bits per heavy atom. The lowest BCUT2D eigenvalue weighted by Crippen LogP contribution is -2.63. The zero-order valence-corrected chi connectivity index (χ0v) is 40.1.